The van der Waals surface area contributed by atoms with Gasteiger partial charge in [0.05, 0.1) is 12.2 Å². The van der Waals surface area contributed by atoms with Crippen LogP contribution in [-0.4, -0.2) is 41.0 Å². The van der Waals surface area contributed by atoms with Gasteiger partial charge in [-0.15, -0.1) is 35.3 Å². The quantitative estimate of drug-likeness (QED) is 0.314. The molecule has 170 valence electrons. The van der Waals surface area contributed by atoms with Crippen molar-refractivity contribution >= 4 is 41.3 Å². The molecule has 3 heterocycles. The number of rotatable bonds is 5. The molecule has 0 amide bonds. The summed E-state index contributed by atoms with van der Waals surface area (Å²) in [4.78, 5) is 12.0. The number of hydrogen-bond donors (Lipinski definition) is 2. The number of piperidine rings is 1. The number of nitrogens with one attached hydrogen (secondary N) is 2. The standard InChI is InChI=1S/C24H35N5S.HI/c1-24(2,3)21-16-30-22(28-21)14-26-23(25-4)27-18-12-19-10-11-20(13-18)29(19)15-17-8-6-5-7-9-17;/h5-9,16,18-20H,10-15H2,1-4H3,(H2,25,26,27);1H. The molecule has 2 aromatic rings. The van der Waals surface area contributed by atoms with Gasteiger partial charge in [0.15, 0.2) is 5.96 Å². The third kappa shape index (κ3) is 6.20. The van der Waals surface area contributed by atoms with E-state index in [0.717, 1.165) is 29.8 Å². The first-order chi connectivity index (χ1) is 14.4. The number of nitrogens with zero attached hydrogens (tertiary/aromatic N) is 3. The largest absolute Gasteiger partial charge is 0.354 e. The molecule has 2 fully saturated rings. The summed E-state index contributed by atoms with van der Waals surface area (Å²) in [7, 11) is 1.86. The van der Waals surface area contributed by atoms with Crippen molar-refractivity contribution in [2.45, 2.75) is 83.1 Å². The lowest BCUT2D eigenvalue weighted by Gasteiger charge is -2.39. The van der Waals surface area contributed by atoms with Gasteiger partial charge in [0.25, 0.3) is 0 Å². The van der Waals surface area contributed by atoms with E-state index in [1.54, 1.807) is 11.3 Å². The maximum atomic E-state index is 4.79. The molecule has 2 bridgehead atoms. The first-order valence-electron chi connectivity index (χ1n) is 11.1. The van der Waals surface area contributed by atoms with E-state index in [0.29, 0.717) is 18.1 Å². The molecule has 2 aliphatic rings. The van der Waals surface area contributed by atoms with E-state index < -0.39 is 0 Å². The third-order valence-electron chi connectivity index (χ3n) is 6.38. The highest BCUT2D eigenvalue weighted by Crippen LogP contribution is 2.36. The molecular formula is C24H36IN5S. The Morgan fingerprint density at radius 1 is 1.16 bits per heavy atom. The summed E-state index contributed by atoms with van der Waals surface area (Å²) < 4.78 is 0. The van der Waals surface area contributed by atoms with E-state index in [1.165, 1.54) is 31.2 Å². The first-order valence-corrected chi connectivity index (χ1v) is 12.0. The number of halogens is 1. The van der Waals surface area contributed by atoms with Crippen LogP contribution in [0, 0.1) is 0 Å². The first kappa shape index (κ1) is 24.5. The molecule has 31 heavy (non-hydrogen) atoms. The second-order valence-corrected chi connectivity index (χ2v) is 10.6. The van der Waals surface area contributed by atoms with Gasteiger partial charge in [0.1, 0.15) is 5.01 Å². The van der Waals surface area contributed by atoms with Crippen LogP contribution in [-0.2, 0) is 18.5 Å². The Hall–Kier alpha value is -1.19. The third-order valence-corrected chi connectivity index (χ3v) is 7.23. The Labute approximate surface area is 208 Å². The minimum Gasteiger partial charge on any atom is -0.354 e. The average molecular weight is 554 g/mol. The van der Waals surface area contributed by atoms with Crippen LogP contribution in [0.25, 0.3) is 0 Å². The van der Waals surface area contributed by atoms with Gasteiger partial charge in [-0.1, -0.05) is 51.1 Å². The topological polar surface area (TPSA) is 52.6 Å². The van der Waals surface area contributed by atoms with Gasteiger partial charge in [-0.2, -0.15) is 0 Å². The zero-order valence-electron chi connectivity index (χ0n) is 19.1. The fourth-order valence-corrected chi connectivity index (χ4v) is 5.69. The van der Waals surface area contributed by atoms with Crippen molar-refractivity contribution in [3.63, 3.8) is 0 Å². The van der Waals surface area contributed by atoms with Crippen LogP contribution < -0.4 is 10.6 Å². The van der Waals surface area contributed by atoms with Crippen LogP contribution >= 0.6 is 35.3 Å². The van der Waals surface area contributed by atoms with Gasteiger partial charge in [-0.05, 0) is 31.2 Å². The lowest BCUT2D eigenvalue weighted by molar-refractivity contribution is 0.114. The van der Waals surface area contributed by atoms with Crippen molar-refractivity contribution in [3.05, 3.63) is 52.0 Å². The van der Waals surface area contributed by atoms with Crippen molar-refractivity contribution in [3.8, 4) is 0 Å². The second-order valence-electron chi connectivity index (χ2n) is 9.66. The smallest absolute Gasteiger partial charge is 0.191 e. The molecule has 4 rings (SSSR count). The van der Waals surface area contributed by atoms with Gasteiger partial charge in [-0.25, -0.2) is 4.98 Å². The van der Waals surface area contributed by atoms with Crippen LogP contribution in [0.3, 0.4) is 0 Å². The molecule has 5 nitrogen and oxygen atoms in total. The number of thiazole rings is 1. The van der Waals surface area contributed by atoms with Crippen molar-refractivity contribution in [2.24, 2.45) is 4.99 Å². The van der Waals surface area contributed by atoms with E-state index in [2.05, 4.69) is 77.0 Å². The lowest BCUT2D eigenvalue weighted by atomic mass is 9.93. The van der Waals surface area contributed by atoms with Gasteiger partial charge in [0.2, 0.25) is 0 Å². The molecule has 0 spiro atoms. The van der Waals surface area contributed by atoms with Crippen LogP contribution in [0.4, 0.5) is 0 Å². The predicted octanol–water partition coefficient (Wildman–Crippen LogP) is 4.92. The van der Waals surface area contributed by atoms with Crippen molar-refractivity contribution < 1.29 is 0 Å². The minimum atomic E-state index is 0. The van der Waals surface area contributed by atoms with Gasteiger partial charge in [0, 0.05) is 42.5 Å². The maximum Gasteiger partial charge on any atom is 0.191 e. The number of aromatic nitrogens is 1. The number of guanidine groups is 1. The summed E-state index contributed by atoms with van der Waals surface area (Å²) in [6.45, 7) is 8.42. The molecular weight excluding hydrogens is 517 g/mol. The molecule has 2 atom stereocenters. The van der Waals surface area contributed by atoms with Crippen LogP contribution in [0.15, 0.2) is 40.7 Å². The van der Waals surface area contributed by atoms with E-state index in [1.807, 2.05) is 7.05 Å². The summed E-state index contributed by atoms with van der Waals surface area (Å²) in [5.41, 5.74) is 2.69. The lowest BCUT2D eigenvalue weighted by Crippen LogP contribution is -2.52. The van der Waals surface area contributed by atoms with Crippen LogP contribution in [0.1, 0.15) is 62.7 Å². The summed E-state index contributed by atoms with van der Waals surface area (Å²) in [5.74, 6) is 0.892. The Bertz CT molecular complexity index is 846. The highest BCUT2D eigenvalue weighted by Gasteiger charge is 2.40. The Morgan fingerprint density at radius 2 is 1.84 bits per heavy atom. The molecule has 2 aliphatic heterocycles. The Kier molecular flexibility index (Phi) is 8.37. The zero-order chi connectivity index (χ0) is 21.1. The van der Waals surface area contributed by atoms with Gasteiger partial charge >= 0.3 is 0 Å². The van der Waals surface area contributed by atoms with Crippen molar-refractivity contribution in [2.75, 3.05) is 7.05 Å². The summed E-state index contributed by atoms with van der Waals surface area (Å²) in [6.07, 6.45) is 5.01. The number of aliphatic imine (C=N–C) groups is 1. The minimum absolute atomic E-state index is 0. The highest BCUT2D eigenvalue weighted by molar-refractivity contribution is 14.0. The monoisotopic (exact) mass is 553 g/mol. The van der Waals surface area contributed by atoms with Crippen LogP contribution in [0.2, 0.25) is 0 Å². The summed E-state index contributed by atoms with van der Waals surface area (Å²) >= 11 is 1.72. The summed E-state index contributed by atoms with van der Waals surface area (Å²) in [6, 6.07) is 12.7. The fourth-order valence-electron chi connectivity index (χ4n) is 4.73. The molecule has 2 N–H and O–H groups in total. The van der Waals surface area contributed by atoms with E-state index >= 15 is 0 Å². The van der Waals surface area contributed by atoms with E-state index in [4.69, 9.17) is 4.98 Å². The van der Waals surface area contributed by atoms with Gasteiger partial charge < -0.3 is 10.6 Å². The number of benzene rings is 1. The molecule has 0 radical (unpaired) electrons. The normalized spacial score (nSPS) is 24.0. The molecule has 2 saturated heterocycles. The molecule has 0 aliphatic carbocycles. The highest BCUT2D eigenvalue weighted by atomic mass is 127. The maximum absolute atomic E-state index is 4.79. The molecule has 1 aromatic carbocycles. The Morgan fingerprint density at radius 3 is 2.42 bits per heavy atom. The molecule has 1 aromatic heterocycles. The summed E-state index contributed by atoms with van der Waals surface area (Å²) in [5, 5.41) is 10.4. The molecule has 0 saturated carbocycles. The number of hydrogen-bond acceptors (Lipinski definition) is 4. The fraction of sp³-hybridized carbons (Fsp3) is 0.583. The number of fused-ring (bicyclic) bond motifs is 2. The van der Waals surface area contributed by atoms with E-state index in [9.17, 15) is 0 Å². The molecule has 2 unspecified atom stereocenters. The van der Waals surface area contributed by atoms with E-state index in [-0.39, 0.29) is 29.4 Å². The van der Waals surface area contributed by atoms with Gasteiger partial charge in [-0.3, -0.25) is 9.89 Å². The SMILES string of the molecule is CN=C(NCc1nc(C(C)(C)C)cs1)NC1CC2CCC(C1)N2Cc1ccccc1.I. The average Bonchev–Trinajstić information content (AvgIpc) is 3.28. The molecule has 7 heteroatoms. The Balaban J connectivity index is 0.00000272. The van der Waals surface area contributed by atoms with Crippen molar-refractivity contribution in [1.82, 2.24) is 20.5 Å². The van der Waals surface area contributed by atoms with Crippen molar-refractivity contribution in [1.29, 1.82) is 0 Å². The van der Waals surface area contributed by atoms with Crippen LogP contribution in [0.5, 0.6) is 0 Å². The predicted molar refractivity (Wildman–Crippen MR) is 141 cm³/mol. The second kappa shape index (κ2) is 10.6. The zero-order valence-corrected chi connectivity index (χ0v) is 22.2.